The van der Waals surface area contributed by atoms with Crippen LogP contribution < -0.4 is 5.56 Å². The number of carbonyl (C=O) groups excluding carboxylic acids is 1. The fraction of sp³-hybridized carbons (Fsp3) is 0.591. The van der Waals surface area contributed by atoms with Crippen molar-refractivity contribution < 1.29 is 4.79 Å². The molecule has 0 bridgehead atoms. The number of unbranched alkanes of at least 4 members (excludes halogenated alkanes) is 1. The smallest absolute Gasteiger partial charge is 0.263 e. The Hall–Kier alpha value is -2.37. The highest BCUT2D eigenvalue weighted by molar-refractivity contribution is 5.95. The molecule has 0 aromatic carbocycles. The standard InChI is InChI=1S/C22H32N4O2/c1-5-7-11-24-13-10-23-20(24)18-9-8-12-25(15-18)21(27)19-16(3)14-17(4)26(6-2)22(19)28/h10,13-14,18H,5-9,11-12,15H2,1-4H3/t18-/m0/s1. The third-order valence-electron chi connectivity index (χ3n) is 5.81. The minimum Gasteiger partial charge on any atom is -0.338 e. The second-order valence-corrected chi connectivity index (χ2v) is 7.82. The summed E-state index contributed by atoms with van der Waals surface area (Å²) in [7, 11) is 0. The Morgan fingerprint density at radius 1 is 1.29 bits per heavy atom. The molecule has 152 valence electrons. The predicted molar refractivity (Wildman–Crippen MR) is 111 cm³/mol. The number of rotatable bonds is 6. The summed E-state index contributed by atoms with van der Waals surface area (Å²) in [6.45, 7) is 10.8. The molecule has 0 N–H and O–H groups in total. The van der Waals surface area contributed by atoms with Crippen LogP contribution in [0.25, 0.3) is 0 Å². The molecule has 6 heteroatoms. The van der Waals surface area contributed by atoms with Crippen molar-refractivity contribution >= 4 is 5.91 Å². The fourth-order valence-electron chi connectivity index (χ4n) is 4.31. The normalized spacial score (nSPS) is 17.1. The van der Waals surface area contributed by atoms with E-state index in [-0.39, 0.29) is 17.4 Å². The van der Waals surface area contributed by atoms with Crippen LogP contribution in [0.5, 0.6) is 0 Å². The van der Waals surface area contributed by atoms with Crippen LogP contribution in [0.2, 0.25) is 0 Å². The van der Waals surface area contributed by atoms with Crippen molar-refractivity contribution in [1.29, 1.82) is 0 Å². The van der Waals surface area contributed by atoms with Gasteiger partial charge in [-0.05, 0) is 51.7 Å². The van der Waals surface area contributed by atoms with E-state index >= 15 is 0 Å². The highest BCUT2D eigenvalue weighted by Crippen LogP contribution is 2.27. The SMILES string of the molecule is CCCCn1ccnc1[C@H]1CCCN(C(=O)c2c(C)cc(C)n(CC)c2=O)C1. The third kappa shape index (κ3) is 3.91. The van der Waals surface area contributed by atoms with E-state index in [0.29, 0.717) is 25.2 Å². The molecule has 2 aromatic rings. The van der Waals surface area contributed by atoms with Crippen LogP contribution in [0.15, 0.2) is 23.3 Å². The highest BCUT2D eigenvalue weighted by atomic mass is 16.2. The van der Waals surface area contributed by atoms with Crippen molar-refractivity contribution in [2.75, 3.05) is 13.1 Å². The van der Waals surface area contributed by atoms with Crippen LogP contribution >= 0.6 is 0 Å². The van der Waals surface area contributed by atoms with Crippen LogP contribution in [0, 0.1) is 13.8 Å². The molecule has 0 saturated carbocycles. The second kappa shape index (κ2) is 8.76. The number of aryl methyl sites for hydroxylation is 3. The van der Waals surface area contributed by atoms with Gasteiger partial charge in [-0.25, -0.2) is 4.98 Å². The monoisotopic (exact) mass is 384 g/mol. The van der Waals surface area contributed by atoms with Crippen molar-refractivity contribution in [3.05, 3.63) is 51.5 Å². The summed E-state index contributed by atoms with van der Waals surface area (Å²) in [5, 5.41) is 0. The topological polar surface area (TPSA) is 60.1 Å². The first-order valence-corrected chi connectivity index (χ1v) is 10.5. The zero-order chi connectivity index (χ0) is 20.3. The summed E-state index contributed by atoms with van der Waals surface area (Å²) in [6, 6.07) is 1.94. The Balaban J connectivity index is 1.85. The molecule has 1 amide bonds. The Kier molecular flexibility index (Phi) is 6.37. The van der Waals surface area contributed by atoms with Gasteiger partial charge in [0.05, 0.1) is 0 Å². The van der Waals surface area contributed by atoms with Crippen LogP contribution in [0.3, 0.4) is 0 Å². The number of pyridine rings is 1. The molecular weight excluding hydrogens is 352 g/mol. The molecule has 6 nitrogen and oxygen atoms in total. The van der Waals surface area contributed by atoms with Crippen molar-refractivity contribution in [3.8, 4) is 0 Å². The Labute approximate surface area is 167 Å². The Morgan fingerprint density at radius 3 is 2.79 bits per heavy atom. The van der Waals surface area contributed by atoms with E-state index in [1.165, 1.54) is 0 Å². The minimum absolute atomic E-state index is 0.138. The molecule has 2 aromatic heterocycles. The lowest BCUT2D eigenvalue weighted by Crippen LogP contribution is -2.43. The fourth-order valence-corrected chi connectivity index (χ4v) is 4.31. The summed E-state index contributed by atoms with van der Waals surface area (Å²) in [4.78, 5) is 32.6. The zero-order valence-electron chi connectivity index (χ0n) is 17.6. The van der Waals surface area contributed by atoms with Crippen molar-refractivity contribution in [2.45, 2.75) is 72.4 Å². The first kappa shape index (κ1) is 20.4. The average molecular weight is 385 g/mol. The summed E-state index contributed by atoms with van der Waals surface area (Å²) in [6.07, 6.45) is 8.12. The van der Waals surface area contributed by atoms with Gasteiger partial charge in [-0.3, -0.25) is 9.59 Å². The number of hydrogen-bond acceptors (Lipinski definition) is 3. The Morgan fingerprint density at radius 2 is 2.07 bits per heavy atom. The zero-order valence-corrected chi connectivity index (χ0v) is 17.6. The summed E-state index contributed by atoms with van der Waals surface area (Å²) in [5.41, 5.74) is 1.82. The lowest BCUT2D eigenvalue weighted by atomic mass is 9.96. The van der Waals surface area contributed by atoms with Gasteiger partial charge in [0.25, 0.3) is 11.5 Å². The van der Waals surface area contributed by atoms with Gasteiger partial charge in [0.2, 0.25) is 0 Å². The Bertz CT molecular complexity index is 896. The molecule has 1 aliphatic rings. The van der Waals surface area contributed by atoms with E-state index in [4.69, 9.17) is 0 Å². The number of piperidine rings is 1. The van der Waals surface area contributed by atoms with Crippen LogP contribution in [0.4, 0.5) is 0 Å². The van der Waals surface area contributed by atoms with Crippen molar-refractivity contribution in [1.82, 2.24) is 19.0 Å². The molecule has 0 aliphatic carbocycles. The molecule has 0 radical (unpaired) electrons. The first-order valence-electron chi connectivity index (χ1n) is 10.5. The lowest BCUT2D eigenvalue weighted by molar-refractivity contribution is 0.0700. The summed E-state index contributed by atoms with van der Waals surface area (Å²) < 4.78 is 3.91. The van der Waals surface area contributed by atoms with Gasteiger partial charge in [-0.2, -0.15) is 0 Å². The largest absolute Gasteiger partial charge is 0.338 e. The van der Waals surface area contributed by atoms with Gasteiger partial charge in [0.15, 0.2) is 0 Å². The number of amides is 1. The molecule has 0 unspecified atom stereocenters. The molecule has 0 spiro atoms. The van der Waals surface area contributed by atoms with Crippen LogP contribution in [0.1, 0.15) is 72.9 Å². The second-order valence-electron chi connectivity index (χ2n) is 7.82. The molecule has 1 atom stereocenters. The predicted octanol–water partition coefficient (Wildman–Crippen LogP) is 3.50. The van der Waals surface area contributed by atoms with E-state index in [1.807, 2.05) is 44.1 Å². The molecule has 3 rings (SSSR count). The number of imidazole rings is 1. The van der Waals surface area contributed by atoms with Crippen molar-refractivity contribution in [2.24, 2.45) is 0 Å². The minimum atomic E-state index is -0.170. The number of hydrogen-bond donors (Lipinski definition) is 0. The maximum absolute atomic E-state index is 13.3. The van der Waals surface area contributed by atoms with E-state index in [2.05, 4.69) is 16.5 Å². The van der Waals surface area contributed by atoms with E-state index in [1.54, 1.807) is 4.57 Å². The lowest BCUT2D eigenvalue weighted by Gasteiger charge is -2.33. The maximum atomic E-state index is 13.3. The maximum Gasteiger partial charge on any atom is 0.263 e. The summed E-state index contributed by atoms with van der Waals surface area (Å²) >= 11 is 0. The first-order chi connectivity index (χ1) is 13.5. The molecular formula is C22H32N4O2. The molecule has 1 fully saturated rings. The molecule has 3 heterocycles. The van der Waals surface area contributed by atoms with E-state index in [9.17, 15) is 9.59 Å². The number of likely N-dealkylation sites (tertiary alicyclic amines) is 1. The van der Waals surface area contributed by atoms with Gasteiger partial charge in [0, 0.05) is 50.2 Å². The molecule has 1 saturated heterocycles. The van der Waals surface area contributed by atoms with Gasteiger partial charge < -0.3 is 14.0 Å². The van der Waals surface area contributed by atoms with Gasteiger partial charge in [-0.15, -0.1) is 0 Å². The number of nitrogens with zero attached hydrogens (tertiary/aromatic N) is 4. The molecule has 28 heavy (non-hydrogen) atoms. The summed E-state index contributed by atoms with van der Waals surface area (Å²) in [5.74, 6) is 1.15. The van der Waals surface area contributed by atoms with Crippen LogP contribution in [-0.4, -0.2) is 38.0 Å². The quantitative estimate of drug-likeness (QED) is 0.766. The third-order valence-corrected chi connectivity index (χ3v) is 5.81. The average Bonchev–Trinajstić information content (AvgIpc) is 3.15. The van der Waals surface area contributed by atoms with Gasteiger partial charge >= 0.3 is 0 Å². The van der Waals surface area contributed by atoms with E-state index < -0.39 is 0 Å². The van der Waals surface area contributed by atoms with Crippen LogP contribution in [-0.2, 0) is 13.1 Å². The highest BCUT2D eigenvalue weighted by Gasteiger charge is 2.30. The van der Waals surface area contributed by atoms with Gasteiger partial charge in [0.1, 0.15) is 11.4 Å². The van der Waals surface area contributed by atoms with Crippen molar-refractivity contribution in [3.63, 3.8) is 0 Å². The number of aromatic nitrogens is 3. The molecule has 1 aliphatic heterocycles. The number of carbonyl (C=O) groups is 1. The van der Waals surface area contributed by atoms with Gasteiger partial charge in [-0.1, -0.05) is 13.3 Å². The van der Waals surface area contributed by atoms with E-state index in [0.717, 1.165) is 49.3 Å².